The summed E-state index contributed by atoms with van der Waals surface area (Å²) >= 11 is 1.95. The molecule has 0 aliphatic heterocycles. The Morgan fingerprint density at radius 3 is 2.65 bits per heavy atom. The molecule has 0 aromatic heterocycles. The lowest BCUT2D eigenvalue weighted by Crippen LogP contribution is -2.40. The van der Waals surface area contributed by atoms with Gasteiger partial charge in [-0.25, -0.2) is 0 Å². The number of guanidine groups is 1. The Kier molecular flexibility index (Phi) is 7.02. The van der Waals surface area contributed by atoms with Crippen LogP contribution < -0.4 is 20.7 Å². The van der Waals surface area contributed by atoms with Crippen LogP contribution in [0.4, 0.5) is 0 Å². The van der Waals surface area contributed by atoms with Gasteiger partial charge in [-0.1, -0.05) is 30.3 Å². The molecule has 1 amide bonds. The summed E-state index contributed by atoms with van der Waals surface area (Å²) < 4.78 is 5.90. The number of aliphatic imine (C=N–C) groups is 1. The third-order valence-electron chi connectivity index (χ3n) is 5.36. The molecule has 2 aromatic carbocycles. The Labute approximate surface area is 188 Å². The first-order chi connectivity index (χ1) is 15.1. The van der Waals surface area contributed by atoms with Gasteiger partial charge in [0.2, 0.25) is 0 Å². The second kappa shape index (κ2) is 10.1. The van der Waals surface area contributed by atoms with Crippen LogP contribution in [0.15, 0.2) is 64.5 Å². The van der Waals surface area contributed by atoms with Crippen molar-refractivity contribution in [2.75, 3.05) is 20.2 Å². The van der Waals surface area contributed by atoms with Crippen LogP contribution >= 0.6 is 11.8 Å². The molecule has 2 fully saturated rings. The summed E-state index contributed by atoms with van der Waals surface area (Å²) in [6, 6.07) is 18.7. The first-order valence-electron chi connectivity index (χ1n) is 10.8. The van der Waals surface area contributed by atoms with E-state index in [-0.39, 0.29) is 17.3 Å². The van der Waals surface area contributed by atoms with Crippen molar-refractivity contribution in [3.8, 4) is 5.75 Å². The summed E-state index contributed by atoms with van der Waals surface area (Å²) in [7, 11) is 1.79. The zero-order chi connectivity index (χ0) is 21.5. The molecule has 2 aliphatic rings. The summed E-state index contributed by atoms with van der Waals surface area (Å²) in [6.07, 6.45) is 4.58. The molecule has 6 nitrogen and oxygen atoms in total. The number of carbonyl (C=O) groups excluding carboxylic acids is 1. The van der Waals surface area contributed by atoms with E-state index in [1.807, 2.05) is 36.0 Å². The van der Waals surface area contributed by atoms with Crippen LogP contribution in [0.2, 0.25) is 0 Å². The van der Waals surface area contributed by atoms with E-state index in [1.54, 1.807) is 7.05 Å². The van der Waals surface area contributed by atoms with Gasteiger partial charge in [-0.05, 0) is 55.5 Å². The van der Waals surface area contributed by atoms with E-state index in [4.69, 9.17) is 4.74 Å². The lowest BCUT2D eigenvalue weighted by atomic mass is 10.2. The maximum absolute atomic E-state index is 11.8. The first-order valence-corrected chi connectivity index (χ1v) is 11.7. The molecular weight excluding hydrogens is 408 g/mol. The Morgan fingerprint density at radius 2 is 1.94 bits per heavy atom. The van der Waals surface area contributed by atoms with Crippen molar-refractivity contribution in [3.63, 3.8) is 0 Å². The van der Waals surface area contributed by atoms with E-state index in [9.17, 15) is 4.79 Å². The zero-order valence-corrected chi connectivity index (χ0v) is 18.7. The highest BCUT2D eigenvalue weighted by Crippen LogP contribution is 2.51. The number of amides is 1. The Morgan fingerprint density at radius 1 is 1.13 bits per heavy atom. The fourth-order valence-corrected chi connectivity index (χ4v) is 4.48. The predicted molar refractivity (Wildman–Crippen MR) is 126 cm³/mol. The van der Waals surface area contributed by atoms with Gasteiger partial charge >= 0.3 is 0 Å². The van der Waals surface area contributed by atoms with Crippen LogP contribution in [-0.2, 0) is 11.3 Å². The van der Waals surface area contributed by atoms with Gasteiger partial charge < -0.3 is 20.7 Å². The van der Waals surface area contributed by atoms with Gasteiger partial charge in [0, 0.05) is 35.8 Å². The molecule has 0 saturated heterocycles. The third kappa shape index (κ3) is 6.92. The number of nitrogens with one attached hydrogen (secondary N) is 3. The Hall–Kier alpha value is -2.67. The number of hydrogen-bond donors (Lipinski definition) is 3. The number of rotatable bonds is 10. The van der Waals surface area contributed by atoms with Gasteiger partial charge in [-0.15, -0.1) is 11.8 Å². The molecule has 2 aliphatic carbocycles. The normalized spacial score (nSPS) is 17.0. The first kappa shape index (κ1) is 21.6. The summed E-state index contributed by atoms with van der Waals surface area (Å²) in [5.41, 5.74) is 1.07. The summed E-state index contributed by atoms with van der Waals surface area (Å²) in [4.78, 5) is 17.5. The minimum absolute atomic E-state index is 0.0533. The Balaban J connectivity index is 1.22. The summed E-state index contributed by atoms with van der Waals surface area (Å²) in [5, 5.41) is 9.78. The van der Waals surface area contributed by atoms with Gasteiger partial charge in [0.1, 0.15) is 5.75 Å². The quantitative estimate of drug-likeness (QED) is 0.392. The third-order valence-corrected chi connectivity index (χ3v) is 6.85. The predicted octanol–water partition coefficient (Wildman–Crippen LogP) is 3.33. The van der Waals surface area contributed by atoms with Crippen molar-refractivity contribution in [1.82, 2.24) is 16.0 Å². The average Bonchev–Trinajstić information content (AvgIpc) is 3.72. The largest absolute Gasteiger partial charge is 0.484 e. The SMILES string of the molecule is CN=C(NCc1cccc(OCC(=O)NC2CC2)c1)NCC1(Sc2ccccc2)CC1. The van der Waals surface area contributed by atoms with Crippen molar-refractivity contribution in [2.24, 2.45) is 4.99 Å². The average molecular weight is 439 g/mol. The van der Waals surface area contributed by atoms with E-state index in [0.717, 1.165) is 30.9 Å². The highest BCUT2D eigenvalue weighted by atomic mass is 32.2. The summed E-state index contributed by atoms with van der Waals surface area (Å²) in [5.74, 6) is 1.43. The monoisotopic (exact) mass is 438 g/mol. The van der Waals surface area contributed by atoms with Crippen LogP contribution in [0, 0.1) is 0 Å². The molecule has 0 heterocycles. The van der Waals surface area contributed by atoms with E-state index in [0.29, 0.717) is 18.3 Å². The van der Waals surface area contributed by atoms with Crippen LogP contribution in [-0.4, -0.2) is 42.9 Å². The second-order valence-corrected chi connectivity index (χ2v) is 9.70. The van der Waals surface area contributed by atoms with Gasteiger partial charge in [-0.2, -0.15) is 0 Å². The van der Waals surface area contributed by atoms with Crippen molar-refractivity contribution >= 4 is 23.6 Å². The smallest absolute Gasteiger partial charge is 0.258 e. The van der Waals surface area contributed by atoms with Gasteiger partial charge in [0.15, 0.2) is 12.6 Å². The zero-order valence-electron chi connectivity index (χ0n) is 17.9. The van der Waals surface area contributed by atoms with Crippen molar-refractivity contribution < 1.29 is 9.53 Å². The number of hydrogen-bond acceptors (Lipinski definition) is 4. The van der Waals surface area contributed by atoms with Crippen molar-refractivity contribution in [1.29, 1.82) is 0 Å². The lowest BCUT2D eigenvalue weighted by Gasteiger charge is -2.18. The van der Waals surface area contributed by atoms with E-state index in [1.165, 1.54) is 17.7 Å². The number of benzene rings is 2. The van der Waals surface area contributed by atoms with E-state index in [2.05, 4.69) is 51.3 Å². The second-order valence-electron chi connectivity index (χ2n) is 8.16. The number of ether oxygens (including phenoxy) is 1. The van der Waals surface area contributed by atoms with Crippen LogP contribution in [0.1, 0.15) is 31.2 Å². The molecule has 3 N–H and O–H groups in total. The minimum atomic E-state index is -0.0574. The molecule has 0 unspecified atom stereocenters. The number of carbonyl (C=O) groups is 1. The van der Waals surface area contributed by atoms with E-state index >= 15 is 0 Å². The molecule has 0 atom stereocenters. The molecule has 2 saturated carbocycles. The maximum atomic E-state index is 11.8. The molecule has 2 aromatic rings. The molecule has 7 heteroatoms. The fraction of sp³-hybridized carbons (Fsp3) is 0.417. The molecule has 4 rings (SSSR count). The highest BCUT2D eigenvalue weighted by Gasteiger charge is 2.43. The van der Waals surface area contributed by atoms with Gasteiger partial charge in [-0.3, -0.25) is 9.79 Å². The molecule has 0 radical (unpaired) electrons. The molecule has 0 spiro atoms. The number of thioether (sulfide) groups is 1. The molecule has 31 heavy (non-hydrogen) atoms. The van der Waals surface area contributed by atoms with Crippen LogP contribution in [0.3, 0.4) is 0 Å². The fourth-order valence-electron chi connectivity index (χ4n) is 3.24. The molecular formula is C24H30N4O2S. The topological polar surface area (TPSA) is 74.8 Å². The number of nitrogens with zero attached hydrogens (tertiary/aromatic N) is 1. The lowest BCUT2D eigenvalue weighted by molar-refractivity contribution is -0.123. The van der Waals surface area contributed by atoms with Crippen molar-refractivity contribution in [3.05, 3.63) is 60.2 Å². The van der Waals surface area contributed by atoms with Crippen LogP contribution in [0.5, 0.6) is 5.75 Å². The summed E-state index contributed by atoms with van der Waals surface area (Å²) in [6.45, 7) is 1.56. The molecule has 0 bridgehead atoms. The van der Waals surface area contributed by atoms with E-state index < -0.39 is 0 Å². The standard InChI is InChI=1S/C24H30N4O2S/c1-25-23(27-17-24(12-13-24)31-21-8-3-2-4-9-21)26-15-18-6-5-7-20(14-18)30-16-22(29)28-19-10-11-19/h2-9,14,19H,10-13,15-17H2,1H3,(H,28,29)(H2,25,26,27). The maximum Gasteiger partial charge on any atom is 0.258 e. The highest BCUT2D eigenvalue weighted by molar-refractivity contribution is 8.01. The Bertz CT molecular complexity index is 911. The molecule has 164 valence electrons. The van der Waals surface area contributed by atoms with Gasteiger partial charge in [0.25, 0.3) is 5.91 Å². The van der Waals surface area contributed by atoms with Crippen molar-refractivity contribution in [2.45, 2.75) is 47.9 Å². The van der Waals surface area contributed by atoms with Crippen LogP contribution in [0.25, 0.3) is 0 Å². The minimum Gasteiger partial charge on any atom is -0.484 e. The van der Waals surface area contributed by atoms with Gasteiger partial charge in [0.05, 0.1) is 0 Å².